The summed E-state index contributed by atoms with van der Waals surface area (Å²) in [6, 6.07) is 0. The number of nitrogens with one attached hydrogen (secondary N) is 2. The quantitative estimate of drug-likeness (QED) is 0.326. The van der Waals surface area contributed by atoms with Gasteiger partial charge in [-0.3, -0.25) is 14.4 Å². The maximum atomic E-state index is 11.8. The number of nitrogens with two attached hydrogens (primary N) is 1. The van der Waals surface area contributed by atoms with E-state index in [9.17, 15) is 24.3 Å². The molecule has 0 saturated carbocycles. The van der Waals surface area contributed by atoms with Crippen LogP contribution in [-0.4, -0.2) is 56.6 Å². The van der Waals surface area contributed by atoms with Crippen LogP contribution in [0.2, 0.25) is 0 Å². The first-order valence-corrected chi connectivity index (χ1v) is 7.06. The molecular weight excluding hydrogens is 322 g/mol. The number of aromatic nitrogens is 2. The van der Waals surface area contributed by atoms with Gasteiger partial charge in [-0.1, -0.05) is 0 Å². The Kier molecular flexibility index (Phi) is 7.36. The van der Waals surface area contributed by atoms with Crippen LogP contribution in [0.4, 0.5) is 0 Å². The van der Waals surface area contributed by atoms with E-state index in [4.69, 9.17) is 10.8 Å². The topological polar surface area (TPSA) is 177 Å². The molecule has 1 aromatic heterocycles. The molecule has 24 heavy (non-hydrogen) atoms. The Morgan fingerprint density at radius 2 is 1.88 bits per heavy atom. The molecule has 2 amide bonds. The molecule has 0 bridgehead atoms. The molecule has 0 fully saturated rings. The van der Waals surface area contributed by atoms with Crippen LogP contribution >= 0.6 is 0 Å². The van der Waals surface area contributed by atoms with E-state index in [-0.39, 0.29) is 19.4 Å². The number of hydrogen-bond donors (Lipinski definition) is 5. The van der Waals surface area contributed by atoms with E-state index in [1.54, 1.807) is 0 Å². The molecule has 1 atom stereocenters. The van der Waals surface area contributed by atoms with Crippen molar-refractivity contribution in [2.75, 3.05) is 13.1 Å². The van der Waals surface area contributed by atoms with E-state index in [1.807, 2.05) is 0 Å². The van der Waals surface area contributed by atoms with Gasteiger partial charge in [0.05, 0.1) is 6.33 Å². The van der Waals surface area contributed by atoms with Crippen LogP contribution in [0.3, 0.4) is 0 Å². The number of carboxylic acids is 2. The summed E-state index contributed by atoms with van der Waals surface area (Å²) in [4.78, 5) is 48.7. The van der Waals surface area contributed by atoms with Crippen LogP contribution in [0.15, 0.2) is 12.5 Å². The zero-order chi connectivity index (χ0) is 18.1. The smallest absolute Gasteiger partial charge is 0.347 e. The Bertz CT molecular complexity index is 614. The van der Waals surface area contributed by atoms with E-state index in [0.29, 0.717) is 12.1 Å². The lowest BCUT2D eigenvalue weighted by Gasteiger charge is -2.18. The van der Waals surface area contributed by atoms with Crippen molar-refractivity contribution >= 4 is 23.8 Å². The molecule has 0 aromatic carbocycles. The van der Waals surface area contributed by atoms with Gasteiger partial charge in [-0.15, -0.1) is 0 Å². The Balaban J connectivity index is 2.61. The summed E-state index contributed by atoms with van der Waals surface area (Å²) in [5.41, 5.74) is 5.98. The van der Waals surface area contributed by atoms with E-state index in [2.05, 4.69) is 15.6 Å². The molecule has 0 saturated heterocycles. The molecule has 0 radical (unpaired) electrons. The van der Waals surface area contributed by atoms with Crippen molar-refractivity contribution in [1.29, 1.82) is 0 Å². The second kappa shape index (κ2) is 9.25. The van der Waals surface area contributed by atoms with E-state index >= 15 is 0 Å². The van der Waals surface area contributed by atoms with E-state index in [1.165, 1.54) is 17.1 Å². The Hall–Kier alpha value is -2.95. The summed E-state index contributed by atoms with van der Waals surface area (Å²) in [6.45, 7) is -0.259. The van der Waals surface area contributed by atoms with E-state index in [0.717, 1.165) is 0 Å². The summed E-state index contributed by atoms with van der Waals surface area (Å²) in [6.07, 6.45) is 1.19. The van der Waals surface area contributed by atoms with Gasteiger partial charge in [-0.25, -0.2) is 9.78 Å². The van der Waals surface area contributed by atoms with Crippen LogP contribution in [0.5, 0.6) is 0 Å². The zero-order valence-corrected chi connectivity index (χ0v) is 12.8. The molecule has 1 aromatic rings. The number of imidazole rings is 1. The number of carboxylic acid groups (broad SMARTS) is 2. The van der Waals surface area contributed by atoms with Gasteiger partial charge in [-0.2, -0.15) is 0 Å². The third kappa shape index (κ3) is 6.04. The molecule has 1 unspecified atom stereocenters. The minimum absolute atomic E-state index is 0.259. The van der Waals surface area contributed by atoms with Gasteiger partial charge >= 0.3 is 11.9 Å². The maximum Gasteiger partial charge on any atom is 0.347 e. The number of hydrogen-bond acceptors (Lipinski definition) is 6. The largest absolute Gasteiger partial charge is 0.480 e. The normalized spacial score (nSPS) is 11.5. The summed E-state index contributed by atoms with van der Waals surface area (Å²) >= 11 is 0. The summed E-state index contributed by atoms with van der Waals surface area (Å²) in [5, 5.41) is 22.1. The van der Waals surface area contributed by atoms with Gasteiger partial charge in [0, 0.05) is 31.2 Å². The molecule has 0 aliphatic rings. The lowest BCUT2D eigenvalue weighted by Crippen LogP contribution is -2.39. The average molecular weight is 341 g/mol. The van der Waals surface area contributed by atoms with Crippen molar-refractivity contribution in [3.05, 3.63) is 18.2 Å². The minimum Gasteiger partial charge on any atom is -0.480 e. The third-order valence-electron chi connectivity index (χ3n) is 2.97. The summed E-state index contributed by atoms with van der Waals surface area (Å²) < 4.78 is 1.28. The minimum atomic E-state index is -1.37. The Morgan fingerprint density at radius 1 is 1.21 bits per heavy atom. The second-order valence-electron chi connectivity index (χ2n) is 4.81. The van der Waals surface area contributed by atoms with Crippen molar-refractivity contribution in [1.82, 2.24) is 20.2 Å². The third-order valence-corrected chi connectivity index (χ3v) is 2.97. The molecule has 132 valence electrons. The Morgan fingerprint density at radius 3 is 2.46 bits per heavy atom. The van der Waals surface area contributed by atoms with Crippen molar-refractivity contribution < 1.29 is 29.4 Å². The Labute approximate surface area is 136 Å². The fraction of sp³-hybridized carbons (Fsp3) is 0.462. The molecule has 6 N–H and O–H groups in total. The van der Waals surface area contributed by atoms with Gasteiger partial charge in [0.15, 0.2) is 0 Å². The lowest BCUT2D eigenvalue weighted by atomic mass is 10.2. The van der Waals surface area contributed by atoms with Crippen LogP contribution in [0.25, 0.3) is 0 Å². The fourth-order valence-corrected chi connectivity index (χ4v) is 1.87. The highest BCUT2D eigenvalue weighted by atomic mass is 16.4. The van der Waals surface area contributed by atoms with E-state index < -0.39 is 36.5 Å². The monoisotopic (exact) mass is 341 g/mol. The van der Waals surface area contributed by atoms with Gasteiger partial charge in [0.2, 0.25) is 18.0 Å². The standard InChI is InChI=1S/C13H19N5O6/c14-4-3-8-5-15-7-18(8)12(13(23)24)17-10(20)2-1-9(19)16-6-11(21)22/h5,7,12H,1-4,6,14H2,(H,16,19)(H,17,20)(H,21,22)(H,23,24). The number of aliphatic carboxylic acids is 2. The zero-order valence-electron chi connectivity index (χ0n) is 12.8. The number of carbonyl (C=O) groups is 4. The molecule has 1 rings (SSSR count). The van der Waals surface area contributed by atoms with Crippen molar-refractivity contribution in [2.24, 2.45) is 5.73 Å². The lowest BCUT2D eigenvalue weighted by molar-refractivity contribution is -0.144. The van der Waals surface area contributed by atoms with Crippen molar-refractivity contribution in [3.63, 3.8) is 0 Å². The molecule has 0 spiro atoms. The average Bonchev–Trinajstić information content (AvgIpc) is 2.96. The first-order valence-electron chi connectivity index (χ1n) is 7.06. The van der Waals surface area contributed by atoms with Gasteiger partial charge < -0.3 is 31.1 Å². The highest BCUT2D eigenvalue weighted by Gasteiger charge is 2.23. The van der Waals surface area contributed by atoms with Crippen molar-refractivity contribution in [2.45, 2.75) is 25.4 Å². The predicted octanol–water partition coefficient (Wildman–Crippen LogP) is -1.94. The molecule has 11 heteroatoms. The van der Waals surface area contributed by atoms with Crippen LogP contribution in [0.1, 0.15) is 24.7 Å². The van der Waals surface area contributed by atoms with Gasteiger partial charge in [0.25, 0.3) is 0 Å². The summed E-state index contributed by atoms with van der Waals surface area (Å²) in [5.74, 6) is -3.78. The number of rotatable bonds is 10. The van der Waals surface area contributed by atoms with Gasteiger partial charge in [-0.05, 0) is 6.54 Å². The van der Waals surface area contributed by atoms with Crippen molar-refractivity contribution in [3.8, 4) is 0 Å². The fourth-order valence-electron chi connectivity index (χ4n) is 1.87. The highest BCUT2D eigenvalue weighted by Crippen LogP contribution is 2.09. The molecule has 1 heterocycles. The SMILES string of the molecule is NCCc1cncn1C(NC(=O)CCC(=O)NCC(=O)O)C(=O)O. The van der Waals surface area contributed by atoms with Crippen LogP contribution < -0.4 is 16.4 Å². The molecule has 11 nitrogen and oxygen atoms in total. The number of carbonyl (C=O) groups excluding carboxylic acids is 2. The first-order chi connectivity index (χ1) is 11.3. The maximum absolute atomic E-state index is 11.8. The first kappa shape index (κ1) is 19.1. The van der Waals surface area contributed by atoms with Gasteiger partial charge in [0.1, 0.15) is 6.54 Å². The predicted molar refractivity (Wildman–Crippen MR) is 79.7 cm³/mol. The number of amides is 2. The molecule has 0 aliphatic heterocycles. The van der Waals surface area contributed by atoms with Crippen LogP contribution in [-0.2, 0) is 25.6 Å². The number of nitrogens with zero attached hydrogens (tertiary/aromatic N) is 2. The molecule has 0 aliphatic carbocycles. The molecular formula is C13H19N5O6. The second-order valence-corrected chi connectivity index (χ2v) is 4.81. The summed E-state index contributed by atoms with van der Waals surface area (Å²) in [7, 11) is 0. The van der Waals surface area contributed by atoms with Crippen LogP contribution in [0, 0.1) is 0 Å². The highest BCUT2D eigenvalue weighted by molar-refractivity contribution is 5.87.